The minimum absolute atomic E-state index is 0.175. The molecule has 1 radical (unpaired) electrons. The molecule has 6 nitrogen and oxygen atoms in total. The Morgan fingerprint density at radius 2 is 2.36 bits per heavy atom. The van der Waals surface area contributed by atoms with Gasteiger partial charge in [0.25, 0.3) is 5.15 Å². The van der Waals surface area contributed by atoms with Gasteiger partial charge in [-0.3, -0.25) is 0 Å². The Morgan fingerprint density at radius 3 is 2.82 bits per heavy atom. The summed E-state index contributed by atoms with van der Waals surface area (Å²) in [6, 6.07) is 0. The first-order chi connectivity index (χ1) is 5.11. The number of halogens is 1. The molecule has 1 aromatic heterocycles. The summed E-state index contributed by atoms with van der Waals surface area (Å²) in [4.78, 5) is 16.0. The molecule has 0 bridgehead atoms. The van der Waals surface area contributed by atoms with Crippen molar-refractivity contribution in [2.45, 2.75) is 0 Å². The molecule has 0 saturated carbocycles. The number of anilines is 1. The van der Waals surface area contributed by atoms with E-state index in [0.717, 1.165) is 0 Å². The van der Waals surface area contributed by atoms with Crippen molar-refractivity contribution in [3.63, 3.8) is 0 Å². The minimum Gasteiger partial charge on any atom is -0.377 e. The molecule has 11 heavy (non-hydrogen) atoms. The van der Waals surface area contributed by atoms with E-state index >= 15 is 0 Å². The molecule has 0 saturated heterocycles. The van der Waals surface area contributed by atoms with Gasteiger partial charge >= 0.3 is 5.82 Å². The van der Waals surface area contributed by atoms with Gasteiger partial charge in [-0.15, -0.1) is 0 Å². The van der Waals surface area contributed by atoms with Crippen molar-refractivity contribution in [2.24, 2.45) is 0 Å². The van der Waals surface area contributed by atoms with Gasteiger partial charge in [0.2, 0.25) is 5.82 Å². The highest BCUT2D eigenvalue weighted by atomic mass is 35.5. The lowest BCUT2D eigenvalue weighted by molar-refractivity contribution is -0.388. The molecular weight excluding hydrogens is 172 g/mol. The summed E-state index contributed by atoms with van der Waals surface area (Å²) >= 11 is 5.27. The van der Waals surface area contributed by atoms with Gasteiger partial charge < -0.3 is 15.8 Å². The van der Waals surface area contributed by atoms with Crippen molar-refractivity contribution in [1.29, 1.82) is 0 Å². The van der Waals surface area contributed by atoms with Gasteiger partial charge in [-0.1, -0.05) is 0 Å². The molecule has 1 aromatic rings. The van der Waals surface area contributed by atoms with E-state index in [4.69, 9.17) is 17.3 Å². The maximum Gasteiger partial charge on any atom is 0.407 e. The third-order valence-corrected chi connectivity index (χ3v) is 1.04. The average molecular weight is 174 g/mol. The number of nitrogen functional groups attached to an aromatic ring is 1. The van der Waals surface area contributed by atoms with Crippen molar-refractivity contribution >= 4 is 23.2 Å². The first kappa shape index (κ1) is 7.67. The highest BCUT2D eigenvalue weighted by Crippen LogP contribution is 2.16. The van der Waals surface area contributed by atoms with E-state index in [2.05, 4.69) is 16.2 Å². The topological polar surface area (TPSA) is 94.9 Å². The maximum absolute atomic E-state index is 10.1. The predicted octanol–water partition coefficient (Wildman–Crippen LogP) is 0.421. The Balaban J connectivity index is 3.23. The number of hydrogen-bond donors (Lipinski definition) is 1. The number of hydrogen-bond acceptors (Lipinski definition) is 5. The van der Waals surface area contributed by atoms with Crippen LogP contribution in [0.15, 0.2) is 0 Å². The molecule has 1 rings (SSSR count). The number of aromatic nitrogens is 2. The van der Waals surface area contributed by atoms with Crippen LogP contribution in [0.1, 0.15) is 0 Å². The highest BCUT2D eigenvalue weighted by molar-refractivity contribution is 6.29. The first-order valence-corrected chi connectivity index (χ1v) is 2.84. The molecule has 2 N–H and O–H groups in total. The largest absolute Gasteiger partial charge is 0.407 e. The van der Waals surface area contributed by atoms with Crippen molar-refractivity contribution in [2.75, 3.05) is 5.73 Å². The number of nitrogens with zero attached hydrogens (tertiary/aromatic N) is 3. The zero-order chi connectivity index (χ0) is 8.43. The Kier molecular flexibility index (Phi) is 1.86. The van der Waals surface area contributed by atoms with Crippen molar-refractivity contribution in [1.82, 2.24) is 9.97 Å². The fraction of sp³-hybridized carbons (Fsp3) is 0. The summed E-state index contributed by atoms with van der Waals surface area (Å²) in [7, 11) is 0. The van der Waals surface area contributed by atoms with Gasteiger partial charge in [-0.25, -0.2) is 4.98 Å². The van der Waals surface area contributed by atoms with Crippen LogP contribution in [0, 0.1) is 16.3 Å². The van der Waals surface area contributed by atoms with Crippen LogP contribution in [0.5, 0.6) is 0 Å². The zero-order valence-electron chi connectivity index (χ0n) is 5.11. The Hall–Kier alpha value is -1.43. The van der Waals surface area contributed by atoms with Gasteiger partial charge in [0.15, 0.2) is 6.20 Å². The second-order valence-electron chi connectivity index (χ2n) is 1.59. The third-order valence-electron chi connectivity index (χ3n) is 0.875. The summed E-state index contributed by atoms with van der Waals surface area (Å²) < 4.78 is 0. The van der Waals surface area contributed by atoms with Crippen LogP contribution in [0.3, 0.4) is 0 Å². The van der Waals surface area contributed by atoms with Crippen LogP contribution in [-0.4, -0.2) is 14.9 Å². The second-order valence-corrected chi connectivity index (χ2v) is 1.95. The smallest absolute Gasteiger partial charge is 0.377 e. The summed E-state index contributed by atoms with van der Waals surface area (Å²) in [5, 5.41) is 9.95. The van der Waals surface area contributed by atoms with Gasteiger partial charge in [0, 0.05) is 0 Å². The lowest BCUT2D eigenvalue weighted by Crippen LogP contribution is -2.00. The maximum atomic E-state index is 10.1. The molecule has 1 heterocycles. The molecule has 0 aliphatic carbocycles. The van der Waals surface area contributed by atoms with Crippen LogP contribution in [-0.2, 0) is 0 Å². The molecular formula is C4H2ClN4O2. The lowest BCUT2D eigenvalue weighted by Gasteiger charge is -1.92. The standard InChI is InChI=1S/C4H2ClN4O2/c5-2-1-7-3(6)4(8-2)9(10)11/h(H2,6,7). The van der Waals surface area contributed by atoms with E-state index < -0.39 is 10.7 Å². The predicted molar refractivity (Wildman–Crippen MR) is 36.9 cm³/mol. The van der Waals surface area contributed by atoms with Gasteiger partial charge in [-0.2, -0.15) is 0 Å². The average Bonchev–Trinajstić information content (AvgIpc) is 1.94. The normalized spacial score (nSPS) is 9.55. The number of nitro groups is 1. The summed E-state index contributed by atoms with van der Waals surface area (Å²) in [5.41, 5.74) is 5.09. The van der Waals surface area contributed by atoms with E-state index in [0.29, 0.717) is 0 Å². The fourth-order valence-electron chi connectivity index (χ4n) is 0.466. The van der Waals surface area contributed by atoms with Crippen LogP contribution in [0.2, 0.25) is 5.15 Å². The number of rotatable bonds is 1. The fourth-order valence-corrected chi connectivity index (χ4v) is 0.588. The van der Waals surface area contributed by atoms with Crippen LogP contribution >= 0.6 is 11.6 Å². The third kappa shape index (κ3) is 1.53. The molecule has 0 amide bonds. The van der Waals surface area contributed by atoms with E-state index in [1.807, 2.05) is 0 Å². The molecule has 0 aliphatic heterocycles. The SMILES string of the molecule is Nc1n[c]c(Cl)nc1[N+](=O)[O-]. The van der Waals surface area contributed by atoms with Crippen molar-refractivity contribution < 1.29 is 4.92 Å². The van der Waals surface area contributed by atoms with Gasteiger partial charge in [0.1, 0.15) is 0 Å². The van der Waals surface area contributed by atoms with Crippen LogP contribution in [0.4, 0.5) is 11.6 Å². The van der Waals surface area contributed by atoms with E-state index in [-0.39, 0.29) is 11.0 Å². The summed E-state index contributed by atoms with van der Waals surface area (Å²) in [6.45, 7) is 0. The Bertz CT molecular complexity index is 302. The Labute approximate surface area is 66.2 Å². The number of nitrogens with two attached hydrogens (primary N) is 1. The van der Waals surface area contributed by atoms with Crippen LogP contribution < -0.4 is 5.73 Å². The van der Waals surface area contributed by atoms with Crippen molar-refractivity contribution in [3.05, 3.63) is 21.5 Å². The minimum atomic E-state index is -0.762. The molecule has 0 unspecified atom stereocenters. The molecule has 0 atom stereocenters. The lowest BCUT2D eigenvalue weighted by atomic mass is 10.6. The quantitative estimate of drug-likeness (QED) is 0.491. The van der Waals surface area contributed by atoms with Gasteiger partial charge in [0.05, 0.1) is 0 Å². The summed E-state index contributed by atoms with van der Waals surface area (Å²) in [5.74, 6) is -0.840. The molecule has 0 fully saturated rings. The van der Waals surface area contributed by atoms with Gasteiger partial charge in [-0.05, 0) is 21.5 Å². The molecule has 7 heteroatoms. The van der Waals surface area contributed by atoms with E-state index in [1.54, 1.807) is 0 Å². The molecule has 57 valence electrons. The zero-order valence-corrected chi connectivity index (χ0v) is 5.87. The molecule has 0 spiro atoms. The Morgan fingerprint density at radius 1 is 1.73 bits per heavy atom. The second kappa shape index (κ2) is 2.67. The van der Waals surface area contributed by atoms with Crippen LogP contribution in [0.25, 0.3) is 0 Å². The monoisotopic (exact) mass is 173 g/mol. The highest BCUT2D eigenvalue weighted by Gasteiger charge is 2.15. The van der Waals surface area contributed by atoms with E-state index in [9.17, 15) is 10.1 Å². The summed E-state index contributed by atoms with van der Waals surface area (Å²) in [6.07, 6.45) is 2.17. The van der Waals surface area contributed by atoms with E-state index in [1.165, 1.54) is 0 Å². The molecule has 0 aromatic carbocycles. The molecule has 0 aliphatic rings. The first-order valence-electron chi connectivity index (χ1n) is 2.46. The van der Waals surface area contributed by atoms with Crippen molar-refractivity contribution in [3.8, 4) is 0 Å².